The molecule has 0 atom stereocenters. The number of hydrogen-bond acceptors (Lipinski definition) is 3. The van der Waals surface area contributed by atoms with Crippen LogP contribution in [0.4, 0.5) is 23.2 Å². The molecule has 0 N–H and O–H groups in total. The summed E-state index contributed by atoms with van der Waals surface area (Å²) in [7, 11) is 0. The second-order valence-electron chi connectivity index (χ2n) is 5.17. The molecule has 0 unspecified atom stereocenters. The number of carbonyl (C=O) groups excluding carboxylic acids is 1. The van der Waals surface area contributed by atoms with Gasteiger partial charge in [-0.2, -0.15) is 17.6 Å². The maximum atomic E-state index is 14.1. The molecule has 0 spiro atoms. The zero-order chi connectivity index (χ0) is 19.1. The van der Waals surface area contributed by atoms with Gasteiger partial charge in [-0.1, -0.05) is 12.1 Å². The number of carbonyl (C=O) groups is 1. The van der Waals surface area contributed by atoms with Crippen molar-refractivity contribution in [3.8, 4) is 0 Å². The molecule has 1 rings (SSSR count). The molecule has 0 aromatic heterocycles. The van der Waals surface area contributed by atoms with Gasteiger partial charge in [0.1, 0.15) is 6.42 Å². The quantitative estimate of drug-likeness (QED) is 0.323. The molecule has 0 radical (unpaired) electrons. The van der Waals surface area contributed by atoms with Crippen molar-refractivity contribution in [2.24, 2.45) is 0 Å². The fourth-order valence-electron chi connectivity index (χ4n) is 2.17. The van der Waals surface area contributed by atoms with Crippen molar-refractivity contribution in [1.29, 1.82) is 0 Å². The van der Waals surface area contributed by atoms with E-state index in [2.05, 4.69) is 4.74 Å². The van der Waals surface area contributed by atoms with E-state index in [1.165, 1.54) is 19.1 Å². The summed E-state index contributed by atoms with van der Waals surface area (Å²) in [6, 6.07) is 4.40. The molecule has 0 bridgehead atoms. The van der Waals surface area contributed by atoms with Crippen LogP contribution < -0.4 is 4.90 Å². The highest BCUT2D eigenvalue weighted by atomic mass is 35.5. The number of nitrogens with zero attached hydrogens (tertiary/aromatic N) is 1. The number of ether oxygens (including phenoxy) is 1. The Bertz CT molecular complexity index is 550. The van der Waals surface area contributed by atoms with E-state index in [9.17, 15) is 22.4 Å². The molecular formula is C16H19Cl2F4NO2. The summed E-state index contributed by atoms with van der Waals surface area (Å²) < 4.78 is 60.4. The highest BCUT2D eigenvalue weighted by Gasteiger charge is 2.58. The fraction of sp³-hybridized carbons (Fsp3) is 0.562. The standard InChI is InChI=1S/C16H19Cl2F4NO2/c1-2-25-14(24)11-15(19,20)16(21,22)12-3-5-13(6-4-12)23(9-7-17)10-8-18/h3-6H,2,7-11H2,1H3. The molecule has 0 aliphatic carbocycles. The number of benzene rings is 1. The first-order chi connectivity index (χ1) is 11.7. The van der Waals surface area contributed by atoms with Crippen LogP contribution >= 0.6 is 23.2 Å². The Hall–Kier alpha value is -1.21. The van der Waals surface area contributed by atoms with Crippen molar-refractivity contribution in [2.45, 2.75) is 25.2 Å². The van der Waals surface area contributed by atoms with Crippen LogP contribution in [0.2, 0.25) is 0 Å². The smallest absolute Gasteiger partial charge is 0.335 e. The SMILES string of the molecule is CCOC(=O)CC(F)(F)C(F)(F)c1ccc(N(CCCl)CCCl)cc1. The molecule has 0 saturated carbocycles. The summed E-state index contributed by atoms with van der Waals surface area (Å²) in [5.74, 6) is -9.85. The molecule has 0 fully saturated rings. The Morgan fingerprint density at radius 2 is 1.60 bits per heavy atom. The van der Waals surface area contributed by atoms with Crippen LogP contribution in [-0.4, -0.2) is 43.3 Å². The van der Waals surface area contributed by atoms with E-state index in [4.69, 9.17) is 23.2 Å². The lowest BCUT2D eigenvalue weighted by atomic mass is 9.99. The summed E-state index contributed by atoms with van der Waals surface area (Å²) >= 11 is 11.3. The first-order valence-corrected chi connectivity index (χ1v) is 8.65. The van der Waals surface area contributed by atoms with E-state index in [-0.39, 0.29) is 6.61 Å². The van der Waals surface area contributed by atoms with Gasteiger partial charge in [0.15, 0.2) is 0 Å². The Kier molecular flexibility index (Phi) is 8.28. The Labute approximate surface area is 153 Å². The van der Waals surface area contributed by atoms with E-state index >= 15 is 0 Å². The van der Waals surface area contributed by atoms with Crippen molar-refractivity contribution in [3.05, 3.63) is 29.8 Å². The van der Waals surface area contributed by atoms with Gasteiger partial charge in [0.2, 0.25) is 0 Å². The molecule has 0 aliphatic rings. The van der Waals surface area contributed by atoms with Gasteiger partial charge in [-0.3, -0.25) is 4.79 Å². The first kappa shape index (κ1) is 21.8. The van der Waals surface area contributed by atoms with E-state index in [0.717, 1.165) is 12.1 Å². The van der Waals surface area contributed by atoms with Crippen molar-refractivity contribution in [3.63, 3.8) is 0 Å². The lowest BCUT2D eigenvalue weighted by molar-refractivity contribution is -0.223. The second kappa shape index (κ2) is 9.48. The Balaban J connectivity index is 2.99. The van der Waals surface area contributed by atoms with Crippen molar-refractivity contribution >= 4 is 34.9 Å². The lowest BCUT2D eigenvalue weighted by Crippen LogP contribution is -2.40. The Morgan fingerprint density at radius 1 is 1.08 bits per heavy atom. The van der Waals surface area contributed by atoms with Crippen LogP contribution in [-0.2, 0) is 15.5 Å². The first-order valence-electron chi connectivity index (χ1n) is 7.58. The third-order valence-electron chi connectivity index (χ3n) is 3.43. The van der Waals surface area contributed by atoms with Gasteiger partial charge in [-0.25, -0.2) is 0 Å². The fourth-order valence-corrected chi connectivity index (χ4v) is 2.58. The highest BCUT2D eigenvalue weighted by molar-refractivity contribution is 6.18. The van der Waals surface area contributed by atoms with Gasteiger partial charge in [-0.05, 0) is 19.1 Å². The minimum absolute atomic E-state index is 0.161. The van der Waals surface area contributed by atoms with Gasteiger partial charge in [0, 0.05) is 36.1 Å². The largest absolute Gasteiger partial charge is 0.466 e. The minimum atomic E-state index is -4.56. The minimum Gasteiger partial charge on any atom is -0.466 e. The maximum absolute atomic E-state index is 14.1. The van der Waals surface area contributed by atoms with Crippen LogP contribution in [0, 0.1) is 0 Å². The third kappa shape index (κ3) is 5.64. The van der Waals surface area contributed by atoms with Gasteiger partial charge in [-0.15, -0.1) is 23.2 Å². The van der Waals surface area contributed by atoms with Crippen molar-refractivity contribution in [1.82, 2.24) is 0 Å². The summed E-state index contributed by atoms with van der Waals surface area (Å²) in [4.78, 5) is 12.9. The average molecular weight is 404 g/mol. The molecule has 0 saturated heterocycles. The molecule has 25 heavy (non-hydrogen) atoms. The lowest BCUT2D eigenvalue weighted by Gasteiger charge is -2.27. The van der Waals surface area contributed by atoms with Gasteiger partial charge in [0.25, 0.3) is 0 Å². The maximum Gasteiger partial charge on any atom is 0.335 e. The van der Waals surface area contributed by atoms with Gasteiger partial charge in [0.05, 0.1) is 6.61 Å². The number of esters is 1. The number of anilines is 1. The summed E-state index contributed by atoms with van der Waals surface area (Å²) in [5.41, 5.74) is -0.350. The molecular weight excluding hydrogens is 385 g/mol. The Morgan fingerprint density at radius 3 is 2.04 bits per heavy atom. The highest BCUT2D eigenvalue weighted by Crippen LogP contribution is 2.45. The number of rotatable bonds is 10. The van der Waals surface area contributed by atoms with Gasteiger partial charge >= 0.3 is 17.8 Å². The van der Waals surface area contributed by atoms with E-state index in [1.807, 2.05) is 0 Å². The molecule has 0 amide bonds. The zero-order valence-corrected chi connectivity index (χ0v) is 15.1. The predicted octanol–water partition coefficient (Wildman–Crippen LogP) is 4.65. The molecule has 142 valence electrons. The topological polar surface area (TPSA) is 29.5 Å². The predicted molar refractivity (Wildman–Crippen MR) is 90.2 cm³/mol. The van der Waals surface area contributed by atoms with Crippen LogP contribution in [0.15, 0.2) is 24.3 Å². The van der Waals surface area contributed by atoms with Crippen LogP contribution in [0.3, 0.4) is 0 Å². The molecule has 1 aromatic rings. The molecule has 1 aromatic carbocycles. The molecule has 0 heterocycles. The van der Waals surface area contributed by atoms with Gasteiger partial charge < -0.3 is 9.64 Å². The van der Waals surface area contributed by atoms with Crippen LogP contribution in [0.1, 0.15) is 18.9 Å². The number of halogens is 6. The van der Waals surface area contributed by atoms with Crippen LogP contribution in [0.5, 0.6) is 0 Å². The summed E-state index contributed by atoms with van der Waals surface area (Å²) in [5, 5.41) is 0. The second-order valence-corrected chi connectivity index (χ2v) is 5.93. The van der Waals surface area contributed by atoms with E-state index in [1.54, 1.807) is 4.90 Å². The molecule has 3 nitrogen and oxygen atoms in total. The van der Waals surface area contributed by atoms with Crippen molar-refractivity contribution in [2.75, 3.05) is 36.4 Å². The van der Waals surface area contributed by atoms with E-state index in [0.29, 0.717) is 30.5 Å². The van der Waals surface area contributed by atoms with E-state index < -0.39 is 29.8 Å². The van der Waals surface area contributed by atoms with Crippen molar-refractivity contribution < 1.29 is 27.1 Å². The zero-order valence-electron chi connectivity index (χ0n) is 13.6. The number of alkyl halides is 6. The molecule has 9 heteroatoms. The third-order valence-corrected chi connectivity index (χ3v) is 3.77. The van der Waals surface area contributed by atoms with Crippen LogP contribution in [0.25, 0.3) is 0 Å². The number of hydrogen-bond donors (Lipinski definition) is 0. The summed E-state index contributed by atoms with van der Waals surface area (Å²) in [6.07, 6.45) is -1.69. The summed E-state index contributed by atoms with van der Waals surface area (Å²) in [6.45, 7) is 2.11. The monoisotopic (exact) mass is 403 g/mol. The normalized spacial score (nSPS) is 12.1. The average Bonchev–Trinajstić information content (AvgIpc) is 2.54. The molecule has 0 aliphatic heterocycles.